The number of carbonyl (C=O) groups excluding carboxylic acids is 1. The Kier molecular flexibility index (Phi) is 2.54. The molecule has 2 bridgehead atoms. The van der Waals surface area contributed by atoms with Crippen LogP contribution in [0.3, 0.4) is 0 Å². The monoisotopic (exact) mass is 230 g/mol. The first-order valence-corrected chi connectivity index (χ1v) is 6.39. The first kappa shape index (κ1) is 10.6. The zero-order valence-corrected chi connectivity index (χ0v) is 9.86. The van der Waals surface area contributed by atoms with Gasteiger partial charge in [-0.25, -0.2) is 0 Å². The normalized spacial score (nSPS) is 30.5. The molecule has 0 spiro atoms. The van der Waals surface area contributed by atoms with Crippen molar-refractivity contribution in [3.8, 4) is 0 Å². The number of hydrogen-bond donors (Lipinski definition) is 2. The van der Waals surface area contributed by atoms with Crippen LogP contribution in [0.5, 0.6) is 0 Å². The van der Waals surface area contributed by atoms with Crippen LogP contribution in [0.25, 0.3) is 0 Å². The van der Waals surface area contributed by atoms with Crippen LogP contribution in [0.15, 0.2) is 24.3 Å². The van der Waals surface area contributed by atoms with Crippen molar-refractivity contribution in [1.29, 1.82) is 0 Å². The van der Waals surface area contributed by atoms with Gasteiger partial charge in [-0.05, 0) is 43.2 Å². The quantitative estimate of drug-likeness (QED) is 0.765. The Morgan fingerprint density at radius 1 is 1.24 bits per heavy atom. The van der Waals surface area contributed by atoms with Crippen LogP contribution in [0, 0.1) is 11.8 Å². The van der Waals surface area contributed by atoms with E-state index in [9.17, 15) is 4.79 Å². The highest BCUT2D eigenvalue weighted by Gasteiger charge is 2.40. The molecule has 0 saturated heterocycles. The third-order valence-corrected chi connectivity index (χ3v) is 4.26. The maximum Gasteiger partial charge on any atom is 0.253 e. The molecule has 3 atom stereocenters. The minimum Gasteiger partial charge on any atom is -0.398 e. The zero-order valence-electron chi connectivity index (χ0n) is 9.86. The molecule has 2 aliphatic carbocycles. The molecule has 3 rings (SSSR count). The third kappa shape index (κ3) is 1.90. The van der Waals surface area contributed by atoms with E-state index < -0.39 is 0 Å². The number of para-hydroxylation sites is 1. The minimum absolute atomic E-state index is 0.0133. The summed E-state index contributed by atoms with van der Waals surface area (Å²) in [6.07, 6.45) is 5.09. The van der Waals surface area contributed by atoms with Crippen molar-refractivity contribution in [2.45, 2.75) is 31.7 Å². The summed E-state index contributed by atoms with van der Waals surface area (Å²) in [5, 5.41) is 3.15. The van der Waals surface area contributed by atoms with E-state index >= 15 is 0 Å². The predicted molar refractivity (Wildman–Crippen MR) is 67.6 cm³/mol. The fourth-order valence-electron chi connectivity index (χ4n) is 3.37. The molecule has 0 unspecified atom stereocenters. The molecule has 17 heavy (non-hydrogen) atoms. The van der Waals surface area contributed by atoms with Gasteiger partial charge in [-0.3, -0.25) is 4.79 Å². The molecule has 1 aromatic rings. The van der Waals surface area contributed by atoms with Crippen LogP contribution in [-0.2, 0) is 0 Å². The second-order valence-corrected chi connectivity index (χ2v) is 5.34. The average Bonchev–Trinajstić information content (AvgIpc) is 2.91. The molecule has 1 aromatic carbocycles. The van der Waals surface area contributed by atoms with Gasteiger partial charge in [0.2, 0.25) is 0 Å². The predicted octanol–water partition coefficient (Wildman–Crippen LogP) is 2.19. The van der Waals surface area contributed by atoms with Crippen LogP contribution in [-0.4, -0.2) is 11.9 Å². The van der Waals surface area contributed by atoms with E-state index in [1.54, 1.807) is 12.1 Å². The summed E-state index contributed by atoms with van der Waals surface area (Å²) in [6.45, 7) is 0. The van der Waals surface area contributed by atoms with Gasteiger partial charge in [0, 0.05) is 11.7 Å². The van der Waals surface area contributed by atoms with Gasteiger partial charge in [-0.1, -0.05) is 18.6 Å². The molecule has 3 nitrogen and oxygen atoms in total. The van der Waals surface area contributed by atoms with E-state index in [-0.39, 0.29) is 5.91 Å². The zero-order chi connectivity index (χ0) is 11.8. The molecule has 3 heteroatoms. The van der Waals surface area contributed by atoms with E-state index in [4.69, 9.17) is 5.73 Å². The van der Waals surface area contributed by atoms with Crippen LogP contribution in [0.2, 0.25) is 0 Å². The summed E-state index contributed by atoms with van der Waals surface area (Å²) in [7, 11) is 0. The van der Waals surface area contributed by atoms with Crippen molar-refractivity contribution < 1.29 is 4.79 Å². The second-order valence-electron chi connectivity index (χ2n) is 5.34. The highest BCUT2D eigenvalue weighted by molar-refractivity contribution is 5.99. The number of fused-ring (bicyclic) bond motifs is 2. The summed E-state index contributed by atoms with van der Waals surface area (Å²) in [4.78, 5) is 12.1. The standard InChI is InChI=1S/C14H18N2O/c15-12-4-2-1-3-11(12)14(17)16-13-8-9-5-6-10(13)7-9/h1-4,9-10,13H,5-8,15H2,(H,16,17)/t9-,10+,13+/m1/s1. The number of nitrogens with two attached hydrogens (primary N) is 1. The van der Waals surface area contributed by atoms with Crippen molar-refractivity contribution in [2.75, 3.05) is 5.73 Å². The van der Waals surface area contributed by atoms with Gasteiger partial charge in [0.1, 0.15) is 0 Å². The Bertz CT molecular complexity index is 444. The van der Waals surface area contributed by atoms with Crippen molar-refractivity contribution >= 4 is 11.6 Å². The summed E-state index contributed by atoms with van der Waals surface area (Å²) < 4.78 is 0. The Balaban J connectivity index is 1.70. The SMILES string of the molecule is Nc1ccccc1C(=O)N[C@H]1C[C@@H]2CC[C@H]1C2. The van der Waals surface area contributed by atoms with Crippen molar-refractivity contribution in [2.24, 2.45) is 11.8 Å². The van der Waals surface area contributed by atoms with Crippen molar-refractivity contribution in [1.82, 2.24) is 5.32 Å². The van der Waals surface area contributed by atoms with Crippen LogP contribution in [0.1, 0.15) is 36.0 Å². The molecular formula is C14H18N2O. The fraction of sp³-hybridized carbons (Fsp3) is 0.500. The molecule has 2 aliphatic rings. The van der Waals surface area contributed by atoms with Crippen LogP contribution >= 0.6 is 0 Å². The highest BCUT2D eigenvalue weighted by Crippen LogP contribution is 2.44. The van der Waals surface area contributed by atoms with Crippen LogP contribution in [0.4, 0.5) is 5.69 Å². The first-order chi connectivity index (χ1) is 8.24. The van der Waals surface area contributed by atoms with Gasteiger partial charge in [0.25, 0.3) is 5.91 Å². The molecule has 3 N–H and O–H groups in total. The lowest BCUT2D eigenvalue weighted by atomic mass is 9.95. The summed E-state index contributed by atoms with van der Waals surface area (Å²) in [5.41, 5.74) is 6.98. The topological polar surface area (TPSA) is 55.1 Å². The van der Waals surface area contributed by atoms with E-state index in [0.717, 1.165) is 12.3 Å². The minimum atomic E-state index is -0.0133. The molecule has 90 valence electrons. The van der Waals surface area contributed by atoms with Gasteiger partial charge in [0.05, 0.1) is 5.56 Å². The van der Waals surface area contributed by atoms with E-state index in [0.29, 0.717) is 23.2 Å². The highest BCUT2D eigenvalue weighted by atomic mass is 16.1. The lowest BCUT2D eigenvalue weighted by Gasteiger charge is -2.23. The second kappa shape index (κ2) is 4.06. The Labute approximate surface area is 101 Å². The van der Waals surface area contributed by atoms with Crippen molar-refractivity contribution in [3.05, 3.63) is 29.8 Å². The van der Waals surface area contributed by atoms with Gasteiger partial charge in [0.15, 0.2) is 0 Å². The van der Waals surface area contributed by atoms with Gasteiger partial charge < -0.3 is 11.1 Å². The number of amides is 1. The maximum atomic E-state index is 12.1. The number of nitrogen functional groups attached to an aromatic ring is 1. The average molecular weight is 230 g/mol. The van der Waals surface area contributed by atoms with E-state index in [1.807, 2.05) is 12.1 Å². The number of hydrogen-bond acceptors (Lipinski definition) is 2. The fourth-order valence-corrected chi connectivity index (χ4v) is 3.37. The molecule has 0 aliphatic heterocycles. The van der Waals surface area contributed by atoms with Gasteiger partial charge in [-0.15, -0.1) is 0 Å². The largest absolute Gasteiger partial charge is 0.398 e. The smallest absolute Gasteiger partial charge is 0.253 e. The molecule has 0 heterocycles. The van der Waals surface area contributed by atoms with Crippen LogP contribution < -0.4 is 11.1 Å². The summed E-state index contributed by atoms with van der Waals surface area (Å²) >= 11 is 0. The lowest BCUT2D eigenvalue weighted by molar-refractivity contribution is 0.0924. The molecule has 0 radical (unpaired) electrons. The van der Waals surface area contributed by atoms with E-state index in [1.165, 1.54) is 19.3 Å². The van der Waals surface area contributed by atoms with E-state index in [2.05, 4.69) is 5.32 Å². The maximum absolute atomic E-state index is 12.1. The summed E-state index contributed by atoms with van der Waals surface area (Å²) in [5.74, 6) is 1.54. The molecule has 1 amide bonds. The molecule has 0 aromatic heterocycles. The number of benzene rings is 1. The Morgan fingerprint density at radius 3 is 2.71 bits per heavy atom. The Morgan fingerprint density at radius 2 is 2.06 bits per heavy atom. The van der Waals surface area contributed by atoms with Gasteiger partial charge in [-0.2, -0.15) is 0 Å². The first-order valence-electron chi connectivity index (χ1n) is 6.39. The molecule has 2 saturated carbocycles. The molecule has 2 fully saturated rings. The van der Waals surface area contributed by atoms with Gasteiger partial charge >= 0.3 is 0 Å². The Hall–Kier alpha value is -1.51. The van der Waals surface area contributed by atoms with Crippen molar-refractivity contribution in [3.63, 3.8) is 0 Å². The number of nitrogens with one attached hydrogen (secondary N) is 1. The number of anilines is 1. The number of rotatable bonds is 2. The number of carbonyl (C=O) groups is 1. The third-order valence-electron chi connectivity index (χ3n) is 4.26. The molecular weight excluding hydrogens is 212 g/mol. The lowest BCUT2D eigenvalue weighted by Crippen LogP contribution is -2.38. The summed E-state index contributed by atoms with van der Waals surface area (Å²) in [6, 6.07) is 7.64.